The Bertz CT molecular complexity index is 597. The van der Waals surface area contributed by atoms with E-state index >= 15 is 0 Å². The molecule has 3 nitrogen and oxygen atoms in total. The molecule has 2 fully saturated rings. The van der Waals surface area contributed by atoms with E-state index in [2.05, 4.69) is 36.9 Å². The predicted molar refractivity (Wildman–Crippen MR) is 78.1 cm³/mol. The number of carbonyl (C=O) groups is 1. The molecule has 1 spiro atoms. The zero-order valence-corrected chi connectivity index (χ0v) is 12.2. The fourth-order valence-electron chi connectivity index (χ4n) is 4.99. The lowest BCUT2D eigenvalue weighted by Crippen LogP contribution is -2.50. The standard InChI is InChI=1S/C17H22N2O/c1-10-3-4-13-12(7-10)5-6-19-15(20)8-14-16(18)11(2)9-17(13,14)19/h3-4,7,11,14,16H,5-6,8-9,18H2,1-2H3/t11-,14-,16+,17-/m0/s1. The quantitative estimate of drug-likeness (QED) is 0.783. The molecule has 0 unspecified atom stereocenters. The van der Waals surface area contributed by atoms with E-state index in [0.717, 1.165) is 19.4 Å². The number of nitrogens with two attached hydrogens (primary N) is 1. The maximum atomic E-state index is 12.4. The van der Waals surface area contributed by atoms with Gasteiger partial charge in [-0.1, -0.05) is 30.7 Å². The fraction of sp³-hybridized carbons (Fsp3) is 0.588. The summed E-state index contributed by atoms with van der Waals surface area (Å²) in [5.74, 6) is 1.10. The van der Waals surface area contributed by atoms with Crippen molar-refractivity contribution in [1.29, 1.82) is 0 Å². The highest BCUT2D eigenvalue weighted by atomic mass is 16.2. The minimum atomic E-state index is -0.1000. The largest absolute Gasteiger partial charge is 0.332 e. The van der Waals surface area contributed by atoms with Crippen LogP contribution in [-0.4, -0.2) is 23.4 Å². The number of hydrogen-bond donors (Lipinski definition) is 1. The maximum Gasteiger partial charge on any atom is 0.223 e. The van der Waals surface area contributed by atoms with Crippen LogP contribution in [0.1, 0.15) is 36.5 Å². The van der Waals surface area contributed by atoms with Crippen molar-refractivity contribution in [2.45, 2.75) is 44.7 Å². The number of rotatable bonds is 0. The highest BCUT2D eigenvalue weighted by Crippen LogP contribution is 2.57. The number of nitrogens with zero attached hydrogens (tertiary/aromatic N) is 1. The molecule has 0 radical (unpaired) electrons. The lowest BCUT2D eigenvalue weighted by molar-refractivity contribution is -0.132. The van der Waals surface area contributed by atoms with Gasteiger partial charge in [-0.2, -0.15) is 0 Å². The third-order valence-corrected chi connectivity index (χ3v) is 5.88. The zero-order chi connectivity index (χ0) is 14.1. The Morgan fingerprint density at radius 1 is 1.40 bits per heavy atom. The fourth-order valence-corrected chi connectivity index (χ4v) is 4.99. The normalized spacial score (nSPS) is 38.6. The van der Waals surface area contributed by atoms with Crippen molar-refractivity contribution in [3.05, 3.63) is 34.9 Å². The van der Waals surface area contributed by atoms with Gasteiger partial charge in [0.15, 0.2) is 0 Å². The lowest BCUT2D eigenvalue weighted by atomic mass is 9.75. The molecule has 1 saturated heterocycles. The van der Waals surface area contributed by atoms with Crippen LogP contribution >= 0.6 is 0 Å². The summed E-state index contributed by atoms with van der Waals surface area (Å²) >= 11 is 0. The molecule has 0 aromatic heterocycles. The molecule has 2 heterocycles. The summed E-state index contributed by atoms with van der Waals surface area (Å²) in [7, 11) is 0. The van der Waals surface area contributed by atoms with Gasteiger partial charge < -0.3 is 10.6 Å². The first kappa shape index (κ1) is 12.4. The van der Waals surface area contributed by atoms with E-state index in [4.69, 9.17) is 5.73 Å². The Morgan fingerprint density at radius 2 is 2.20 bits per heavy atom. The molecule has 3 aliphatic rings. The van der Waals surface area contributed by atoms with Crippen molar-refractivity contribution in [2.24, 2.45) is 17.6 Å². The van der Waals surface area contributed by atoms with Crippen LogP contribution in [0.5, 0.6) is 0 Å². The van der Waals surface area contributed by atoms with E-state index in [9.17, 15) is 4.79 Å². The first-order valence-electron chi connectivity index (χ1n) is 7.70. The topological polar surface area (TPSA) is 46.3 Å². The van der Waals surface area contributed by atoms with Crippen molar-refractivity contribution in [2.75, 3.05) is 6.54 Å². The Hall–Kier alpha value is -1.35. The molecule has 106 valence electrons. The van der Waals surface area contributed by atoms with Crippen LogP contribution in [0.15, 0.2) is 18.2 Å². The molecule has 0 bridgehead atoms. The molecule has 3 heteroatoms. The van der Waals surface area contributed by atoms with Crippen LogP contribution in [0.3, 0.4) is 0 Å². The van der Waals surface area contributed by atoms with E-state index in [1.54, 1.807) is 0 Å². The van der Waals surface area contributed by atoms with Crippen LogP contribution in [-0.2, 0) is 16.8 Å². The molecular formula is C17H22N2O. The minimum absolute atomic E-state index is 0.1000. The second-order valence-corrected chi connectivity index (χ2v) is 6.95. The third-order valence-electron chi connectivity index (χ3n) is 5.88. The van der Waals surface area contributed by atoms with Gasteiger partial charge in [-0.05, 0) is 36.8 Å². The molecule has 2 aliphatic heterocycles. The average Bonchev–Trinajstić information content (AvgIpc) is 2.82. The smallest absolute Gasteiger partial charge is 0.223 e. The number of fused-ring (bicyclic) bond motifs is 1. The molecule has 1 aliphatic carbocycles. The summed E-state index contributed by atoms with van der Waals surface area (Å²) in [6, 6.07) is 6.89. The molecule has 4 rings (SSSR count). The van der Waals surface area contributed by atoms with Crippen LogP contribution in [0.2, 0.25) is 0 Å². The van der Waals surface area contributed by atoms with E-state index in [1.165, 1.54) is 16.7 Å². The van der Waals surface area contributed by atoms with E-state index in [1.807, 2.05) is 0 Å². The van der Waals surface area contributed by atoms with E-state index < -0.39 is 0 Å². The minimum Gasteiger partial charge on any atom is -0.332 e. The maximum absolute atomic E-state index is 12.4. The summed E-state index contributed by atoms with van der Waals surface area (Å²) in [6.45, 7) is 5.25. The molecule has 1 amide bonds. The summed E-state index contributed by atoms with van der Waals surface area (Å²) in [5, 5.41) is 0. The monoisotopic (exact) mass is 270 g/mol. The van der Waals surface area contributed by atoms with Crippen LogP contribution in [0.4, 0.5) is 0 Å². The second-order valence-electron chi connectivity index (χ2n) is 6.95. The van der Waals surface area contributed by atoms with Crippen molar-refractivity contribution in [3.63, 3.8) is 0 Å². The van der Waals surface area contributed by atoms with Gasteiger partial charge in [0.05, 0.1) is 5.54 Å². The molecule has 2 N–H and O–H groups in total. The first-order valence-corrected chi connectivity index (χ1v) is 7.70. The van der Waals surface area contributed by atoms with Gasteiger partial charge in [0.1, 0.15) is 0 Å². The molecule has 1 aromatic carbocycles. The summed E-state index contributed by atoms with van der Waals surface area (Å²) < 4.78 is 0. The van der Waals surface area contributed by atoms with Gasteiger partial charge in [0.25, 0.3) is 0 Å². The molecule has 1 saturated carbocycles. The van der Waals surface area contributed by atoms with Gasteiger partial charge in [0.2, 0.25) is 5.91 Å². The van der Waals surface area contributed by atoms with E-state index in [0.29, 0.717) is 24.2 Å². The van der Waals surface area contributed by atoms with Crippen molar-refractivity contribution in [1.82, 2.24) is 4.90 Å². The molecule has 1 aromatic rings. The van der Waals surface area contributed by atoms with E-state index in [-0.39, 0.29) is 11.6 Å². The Kier molecular flexibility index (Phi) is 2.39. The number of aryl methyl sites for hydroxylation is 1. The summed E-state index contributed by atoms with van der Waals surface area (Å²) in [6.07, 6.45) is 2.65. The number of amides is 1. The number of hydrogen-bond acceptors (Lipinski definition) is 2. The van der Waals surface area contributed by atoms with Crippen molar-refractivity contribution in [3.8, 4) is 0 Å². The van der Waals surface area contributed by atoms with Gasteiger partial charge >= 0.3 is 0 Å². The van der Waals surface area contributed by atoms with Gasteiger partial charge in [-0.25, -0.2) is 0 Å². The summed E-state index contributed by atoms with van der Waals surface area (Å²) in [4.78, 5) is 14.6. The van der Waals surface area contributed by atoms with Crippen molar-refractivity contribution >= 4 is 5.91 Å². The van der Waals surface area contributed by atoms with Crippen LogP contribution in [0.25, 0.3) is 0 Å². The SMILES string of the molecule is Cc1ccc2c(c1)CCN1C(=O)C[C@H]3[C@H](N)[C@@H](C)C[C@]231. The molecule has 20 heavy (non-hydrogen) atoms. The Labute approximate surface area is 120 Å². The van der Waals surface area contributed by atoms with Gasteiger partial charge in [-0.3, -0.25) is 4.79 Å². The van der Waals surface area contributed by atoms with Crippen molar-refractivity contribution < 1.29 is 4.79 Å². The first-order chi connectivity index (χ1) is 9.54. The summed E-state index contributed by atoms with van der Waals surface area (Å²) in [5.41, 5.74) is 10.5. The Morgan fingerprint density at radius 3 is 3.00 bits per heavy atom. The highest BCUT2D eigenvalue weighted by molar-refractivity contribution is 5.82. The number of benzene rings is 1. The highest BCUT2D eigenvalue weighted by Gasteiger charge is 2.62. The second kappa shape index (κ2) is 3.85. The predicted octanol–water partition coefficient (Wildman–Crippen LogP) is 1.96. The average molecular weight is 270 g/mol. The van der Waals surface area contributed by atoms with Crippen LogP contribution < -0.4 is 5.73 Å². The molecule has 4 atom stereocenters. The zero-order valence-electron chi connectivity index (χ0n) is 12.2. The van der Waals surface area contributed by atoms with Gasteiger partial charge in [-0.15, -0.1) is 0 Å². The van der Waals surface area contributed by atoms with Gasteiger partial charge in [0, 0.05) is 24.9 Å². The third kappa shape index (κ3) is 1.32. The van der Waals surface area contributed by atoms with Crippen LogP contribution in [0, 0.1) is 18.8 Å². The Balaban J connectivity index is 1.94. The molecular weight excluding hydrogens is 248 g/mol. The number of carbonyl (C=O) groups excluding carboxylic acids is 1. The lowest BCUT2D eigenvalue weighted by Gasteiger charge is -2.44.